The predicted molar refractivity (Wildman–Crippen MR) is 116 cm³/mol. The quantitative estimate of drug-likeness (QED) is 0.662. The maximum absolute atomic E-state index is 13.0. The molecule has 0 radical (unpaired) electrons. The van der Waals surface area contributed by atoms with Crippen LogP contribution in [0.2, 0.25) is 0 Å². The number of hydrogen-bond acceptors (Lipinski definition) is 5. The molecule has 0 aliphatic carbocycles. The second-order valence-corrected chi connectivity index (χ2v) is 7.62. The second kappa shape index (κ2) is 8.51. The molecule has 1 aliphatic rings. The zero-order valence-corrected chi connectivity index (χ0v) is 17.6. The smallest absolute Gasteiger partial charge is 0.255 e. The molecule has 8 heteroatoms. The first-order valence-corrected chi connectivity index (χ1v) is 9.91. The van der Waals surface area contributed by atoms with E-state index in [0.717, 1.165) is 28.2 Å². The van der Waals surface area contributed by atoms with Crippen molar-refractivity contribution in [2.45, 2.75) is 6.42 Å². The van der Waals surface area contributed by atoms with Gasteiger partial charge in [0.15, 0.2) is 0 Å². The van der Waals surface area contributed by atoms with Gasteiger partial charge in [-0.05, 0) is 47.9 Å². The lowest BCUT2D eigenvalue weighted by Crippen LogP contribution is -2.33. The van der Waals surface area contributed by atoms with E-state index >= 15 is 0 Å². The number of nitrogens with one attached hydrogen (secondary N) is 2. The van der Waals surface area contributed by atoms with Crippen molar-refractivity contribution < 1.29 is 19.1 Å². The van der Waals surface area contributed by atoms with Gasteiger partial charge in [-0.3, -0.25) is 14.7 Å². The lowest BCUT2D eigenvalue weighted by molar-refractivity contribution is -0.121. The molecule has 0 saturated heterocycles. The van der Waals surface area contributed by atoms with Crippen molar-refractivity contribution in [3.63, 3.8) is 0 Å². The molecule has 0 spiro atoms. The van der Waals surface area contributed by atoms with Crippen LogP contribution in [-0.4, -0.2) is 54.7 Å². The van der Waals surface area contributed by atoms with E-state index in [1.165, 1.54) is 4.90 Å². The zero-order chi connectivity index (χ0) is 22.0. The number of fused-ring (bicyclic) bond motifs is 1. The van der Waals surface area contributed by atoms with Gasteiger partial charge in [-0.1, -0.05) is 6.07 Å². The minimum absolute atomic E-state index is 0.197. The van der Waals surface area contributed by atoms with Crippen molar-refractivity contribution in [3.05, 3.63) is 59.9 Å². The first kappa shape index (κ1) is 20.5. The second-order valence-electron chi connectivity index (χ2n) is 7.62. The standard InChI is InChI=1S/C23H24N4O4/c1-27(2)23(29)19-10-14(17-11-24-25-12-17)4-6-20(19)26-22(28)16-8-15-9-18(30-3)5-7-21(15)31-13-16/h4-7,9-12,16H,8,13H2,1-3H3,(H,24,25)(H,26,28). The van der Waals surface area contributed by atoms with Gasteiger partial charge in [0, 0.05) is 25.9 Å². The Morgan fingerprint density at radius 1 is 1.19 bits per heavy atom. The van der Waals surface area contributed by atoms with Gasteiger partial charge in [0.25, 0.3) is 5.91 Å². The Labute approximate surface area is 180 Å². The van der Waals surface area contributed by atoms with Crippen molar-refractivity contribution in [2.75, 3.05) is 33.1 Å². The third-order valence-electron chi connectivity index (χ3n) is 5.29. The number of aromatic nitrogens is 2. The van der Waals surface area contributed by atoms with E-state index in [1.54, 1.807) is 45.7 Å². The van der Waals surface area contributed by atoms with Crippen LogP contribution in [0.25, 0.3) is 11.1 Å². The molecule has 2 aromatic carbocycles. The number of anilines is 1. The molecular formula is C23H24N4O4. The van der Waals surface area contributed by atoms with Crippen molar-refractivity contribution in [2.24, 2.45) is 5.92 Å². The molecule has 0 saturated carbocycles. The van der Waals surface area contributed by atoms with E-state index in [9.17, 15) is 9.59 Å². The molecule has 0 bridgehead atoms. The SMILES string of the molecule is COc1ccc2c(c1)CC(C(=O)Nc1ccc(-c3cn[nH]c3)cc1C(=O)N(C)C)CO2. The molecule has 2 heterocycles. The maximum atomic E-state index is 13.0. The number of ether oxygens (including phenoxy) is 2. The highest BCUT2D eigenvalue weighted by Crippen LogP contribution is 2.32. The van der Waals surface area contributed by atoms with Gasteiger partial charge in [0.05, 0.1) is 30.5 Å². The summed E-state index contributed by atoms with van der Waals surface area (Å²) in [6.07, 6.45) is 3.97. The first-order valence-electron chi connectivity index (χ1n) is 9.91. The minimum Gasteiger partial charge on any atom is -0.497 e. The van der Waals surface area contributed by atoms with Crippen molar-refractivity contribution in [3.8, 4) is 22.6 Å². The van der Waals surface area contributed by atoms with E-state index < -0.39 is 0 Å². The summed E-state index contributed by atoms with van der Waals surface area (Å²) in [7, 11) is 4.96. The summed E-state index contributed by atoms with van der Waals surface area (Å²) in [5.74, 6) is 0.707. The largest absolute Gasteiger partial charge is 0.497 e. The fraction of sp³-hybridized carbons (Fsp3) is 0.261. The molecule has 1 aliphatic heterocycles. The van der Waals surface area contributed by atoms with Gasteiger partial charge in [-0.15, -0.1) is 0 Å². The average Bonchev–Trinajstić information content (AvgIpc) is 3.33. The van der Waals surface area contributed by atoms with Crippen molar-refractivity contribution in [1.82, 2.24) is 15.1 Å². The van der Waals surface area contributed by atoms with Gasteiger partial charge < -0.3 is 19.7 Å². The predicted octanol–water partition coefficient (Wildman–Crippen LogP) is 2.98. The summed E-state index contributed by atoms with van der Waals surface area (Å²) in [5.41, 5.74) is 3.49. The van der Waals surface area contributed by atoms with E-state index in [2.05, 4.69) is 15.5 Å². The molecule has 3 aromatic rings. The van der Waals surface area contributed by atoms with Crippen LogP contribution < -0.4 is 14.8 Å². The monoisotopic (exact) mass is 420 g/mol. The van der Waals surface area contributed by atoms with Crippen LogP contribution in [-0.2, 0) is 11.2 Å². The highest BCUT2D eigenvalue weighted by Gasteiger charge is 2.27. The Hall–Kier alpha value is -3.81. The van der Waals surface area contributed by atoms with Crippen LogP contribution in [0.1, 0.15) is 15.9 Å². The Kier molecular flexibility index (Phi) is 5.62. The Balaban J connectivity index is 1.58. The number of aromatic amines is 1. The number of H-pyrrole nitrogens is 1. The number of nitrogens with zero attached hydrogens (tertiary/aromatic N) is 2. The molecule has 160 valence electrons. The number of carbonyl (C=O) groups is 2. The molecule has 31 heavy (non-hydrogen) atoms. The lowest BCUT2D eigenvalue weighted by atomic mass is 9.95. The lowest BCUT2D eigenvalue weighted by Gasteiger charge is -2.25. The van der Waals surface area contributed by atoms with Crippen molar-refractivity contribution >= 4 is 17.5 Å². The fourth-order valence-corrected chi connectivity index (χ4v) is 3.56. The van der Waals surface area contributed by atoms with Gasteiger partial charge in [-0.25, -0.2) is 0 Å². The Bertz CT molecular complexity index is 1110. The summed E-state index contributed by atoms with van der Waals surface area (Å²) in [5, 5.41) is 9.65. The normalized spacial score (nSPS) is 14.9. The van der Waals surface area contributed by atoms with Crippen LogP contribution >= 0.6 is 0 Å². The Morgan fingerprint density at radius 2 is 2.03 bits per heavy atom. The molecule has 0 fully saturated rings. The number of carbonyl (C=O) groups excluding carboxylic acids is 2. The zero-order valence-electron chi connectivity index (χ0n) is 17.6. The van der Waals surface area contributed by atoms with Gasteiger partial charge >= 0.3 is 0 Å². The number of amides is 2. The molecule has 2 N–H and O–H groups in total. The number of benzene rings is 2. The highest BCUT2D eigenvalue weighted by molar-refractivity contribution is 6.05. The van der Waals surface area contributed by atoms with Crippen LogP contribution in [0.15, 0.2) is 48.8 Å². The molecule has 1 aromatic heterocycles. The van der Waals surface area contributed by atoms with Gasteiger partial charge in [0.2, 0.25) is 5.91 Å². The van der Waals surface area contributed by atoms with Gasteiger partial charge in [-0.2, -0.15) is 5.10 Å². The minimum atomic E-state index is -0.379. The number of hydrogen-bond donors (Lipinski definition) is 2. The highest BCUT2D eigenvalue weighted by atomic mass is 16.5. The van der Waals surface area contributed by atoms with E-state index in [-0.39, 0.29) is 24.3 Å². The topological polar surface area (TPSA) is 96.5 Å². The van der Waals surface area contributed by atoms with Gasteiger partial charge in [0.1, 0.15) is 18.1 Å². The summed E-state index contributed by atoms with van der Waals surface area (Å²) in [6, 6.07) is 10.9. The van der Waals surface area contributed by atoms with E-state index in [0.29, 0.717) is 17.7 Å². The third-order valence-corrected chi connectivity index (χ3v) is 5.29. The average molecular weight is 420 g/mol. The third kappa shape index (κ3) is 4.23. The summed E-state index contributed by atoms with van der Waals surface area (Å²) in [4.78, 5) is 27.3. The van der Waals surface area contributed by atoms with Crippen LogP contribution in [0, 0.1) is 5.92 Å². The Morgan fingerprint density at radius 3 is 2.74 bits per heavy atom. The molecule has 4 rings (SSSR count). The fourth-order valence-electron chi connectivity index (χ4n) is 3.56. The summed E-state index contributed by atoms with van der Waals surface area (Å²) < 4.78 is 11.0. The van der Waals surface area contributed by atoms with Crippen LogP contribution in [0.4, 0.5) is 5.69 Å². The van der Waals surface area contributed by atoms with E-state index in [1.807, 2.05) is 24.3 Å². The van der Waals surface area contributed by atoms with Crippen LogP contribution in [0.5, 0.6) is 11.5 Å². The number of methoxy groups -OCH3 is 1. The molecule has 8 nitrogen and oxygen atoms in total. The summed E-state index contributed by atoms with van der Waals surface area (Å²) >= 11 is 0. The van der Waals surface area contributed by atoms with Crippen LogP contribution in [0.3, 0.4) is 0 Å². The summed E-state index contributed by atoms with van der Waals surface area (Å²) in [6.45, 7) is 0.273. The van der Waals surface area contributed by atoms with E-state index in [4.69, 9.17) is 9.47 Å². The molecular weight excluding hydrogens is 396 g/mol. The first-order chi connectivity index (χ1) is 15.0. The molecule has 1 atom stereocenters. The molecule has 1 unspecified atom stereocenters. The number of rotatable bonds is 5. The van der Waals surface area contributed by atoms with Crippen molar-refractivity contribution in [1.29, 1.82) is 0 Å². The maximum Gasteiger partial charge on any atom is 0.255 e. The molecule has 2 amide bonds.